The minimum atomic E-state index is -0.984. The molecule has 0 bridgehead atoms. The molecule has 0 aromatic rings. The van der Waals surface area contributed by atoms with E-state index < -0.39 is 12.0 Å². The van der Waals surface area contributed by atoms with Crippen LogP contribution in [0.25, 0.3) is 0 Å². The second-order valence-corrected chi connectivity index (χ2v) is 5.72. The molecule has 0 aromatic carbocycles. The Bertz CT molecular complexity index is 297. The maximum absolute atomic E-state index is 11.8. The molecule has 1 atom stereocenters. The van der Waals surface area contributed by atoms with Crippen molar-refractivity contribution in [1.82, 2.24) is 10.6 Å². The van der Waals surface area contributed by atoms with Crippen molar-refractivity contribution in [3.8, 4) is 0 Å². The zero-order valence-electron chi connectivity index (χ0n) is 11.9. The summed E-state index contributed by atoms with van der Waals surface area (Å²) >= 11 is 0. The van der Waals surface area contributed by atoms with Gasteiger partial charge in [0, 0.05) is 6.04 Å². The summed E-state index contributed by atoms with van der Waals surface area (Å²) in [6.45, 7) is 3.57. The van der Waals surface area contributed by atoms with Gasteiger partial charge < -0.3 is 15.7 Å². The minimum absolute atomic E-state index is 0.124. The molecule has 0 saturated heterocycles. The number of carbonyl (C=O) groups is 2. The second kappa shape index (κ2) is 8.02. The molecule has 110 valence electrons. The van der Waals surface area contributed by atoms with Crippen LogP contribution in [0.5, 0.6) is 0 Å². The van der Waals surface area contributed by atoms with E-state index >= 15 is 0 Å². The minimum Gasteiger partial charge on any atom is -0.480 e. The van der Waals surface area contributed by atoms with Crippen LogP contribution >= 0.6 is 0 Å². The molecule has 1 aliphatic rings. The van der Waals surface area contributed by atoms with E-state index in [2.05, 4.69) is 10.6 Å². The Labute approximate surface area is 115 Å². The number of hydrogen-bond donors (Lipinski definition) is 3. The van der Waals surface area contributed by atoms with Crippen LogP contribution in [-0.2, 0) is 4.79 Å². The molecule has 0 unspecified atom stereocenters. The van der Waals surface area contributed by atoms with Gasteiger partial charge in [0.25, 0.3) is 0 Å². The van der Waals surface area contributed by atoms with Gasteiger partial charge in [0.15, 0.2) is 0 Å². The first-order valence-corrected chi connectivity index (χ1v) is 7.30. The summed E-state index contributed by atoms with van der Waals surface area (Å²) in [5.41, 5.74) is 0. The molecule has 0 aliphatic heterocycles. The normalized spacial score (nSPS) is 19.3. The quantitative estimate of drug-likeness (QED) is 0.734. The summed E-state index contributed by atoms with van der Waals surface area (Å²) in [5.74, 6) is -1.11. The Kier molecular flexibility index (Phi) is 6.67. The average Bonchev–Trinajstić information content (AvgIpc) is 2.28. The highest BCUT2D eigenvalue weighted by atomic mass is 16.4. The number of nitrogens with one attached hydrogen (secondary N) is 2. The van der Waals surface area contributed by atoms with Crippen LogP contribution in [0.4, 0.5) is 4.79 Å². The van der Waals surface area contributed by atoms with Crippen molar-refractivity contribution < 1.29 is 14.7 Å². The van der Waals surface area contributed by atoms with Crippen LogP contribution in [-0.4, -0.2) is 29.2 Å². The van der Waals surface area contributed by atoms with Gasteiger partial charge in [-0.05, 0) is 18.8 Å². The van der Waals surface area contributed by atoms with Crippen molar-refractivity contribution in [2.45, 2.75) is 70.9 Å². The van der Waals surface area contributed by atoms with Gasteiger partial charge in [-0.25, -0.2) is 9.59 Å². The highest BCUT2D eigenvalue weighted by Crippen LogP contribution is 2.17. The summed E-state index contributed by atoms with van der Waals surface area (Å²) < 4.78 is 0. The lowest BCUT2D eigenvalue weighted by Crippen LogP contribution is -2.51. The van der Waals surface area contributed by atoms with Crippen LogP contribution in [0, 0.1) is 5.92 Å². The van der Waals surface area contributed by atoms with Gasteiger partial charge in [-0.15, -0.1) is 0 Å². The lowest BCUT2D eigenvalue weighted by atomic mass is 9.97. The van der Waals surface area contributed by atoms with Crippen LogP contribution in [0.15, 0.2) is 0 Å². The molecule has 0 aromatic heterocycles. The van der Waals surface area contributed by atoms with Crippen molar-refractivity contribution in [2.75, 3.05) is 0 Å². The fourth-order valence-corrected chi connectivity index (χ4v) is 2.48. The molecule has 3 N–H and O–H groups in total. The standard InChI is InChI=1S/C14H26N2O3/c1-10(2)12(13(17)18)16-14(19)15-11-8-6-4-3-5-7-9-11/h10-12H,3-9H2,1-2H3,(H,17,18)(H2,15,16,19)/t12-/m1/s1. The number of carboxylic acid groups (broad SMARTS) is 1. The first kappa shape index (κ1) is 15.8. The molecule has 0 heterocycles. The Morgan fingerprint density at radius 2 is 1.58 bits per heavy atom. The Morgan fingerprint density at radius 3 is 2.05 bits per heavy atom. The Morgan fingerprint density at radius 1 is 1.05 bits per heavy atom. The molecule has 0 radical (unpaired) electrons. The molecule has 1 saturated carbocycles. The SMILES string of the molecule is CC(C)[C@@H](NC(=O)NC1CCCCCCC1)C(=O)O. The monoisotopic (exact) mass is 270 g/mol. The highest BCUT2D eigenvalue weighted by molar-refractivity contribution is 5.82. The van der Waals surface area contributed by atoms with Gasteiger partial charge >= 0.3 is 12.0 Å². The molecule has 5 nitrogen and oxygen atoms in total. The van der Waals surface area contributed by atoms with E-state index in [9.17, 15) is 9.59 Å². The van der Waals surface area contributed by atoms with Gasteiger partial charge in [0.2, 0.25) is 0 Å². The largest absolute Gasteiger partial charge is 0.480 e. The van der Waals surface area contributed by atoms with Crippen molar-refractivity contribution in [3.63, 3.8) is 0 Å². The molecule has 5 heteroatoms. The topological polar surface area (TPSA) is 78.4 Å². The molecule has 0 spiro atoms. The van der Waals surface area contributed by atoms with Crippen molar-refractivity contribution >= 4 is 12.0 Å². The van der Waals surface area contributed by atoms with E-state index in [4.69, 9.17) is 5.11 Å². The highest BCUT2D eigenvalue weighted by Gasteiger charge is 2.24. The first-order chi connectivity index (χ1) is 9.00. The van der Waals surface area contributed by atoms with Crippen molar-refractivity contribution in [1.29, 1.82) is 0 Å². The fraction of sp³-hybridized carbons (Fsp3) is 0.857. The van der Waals surface area contributed by atoms with Crippen molar-refractivity contribution in [3.05, 3.63) is 0 Å². The maximum atomic E-state index is 11.8. The second-order valence-electron chi connectivity index (χ2n) is 5.72. The summed E-state index contributed by atoms with van der Waals surface area (Å²) in [7, 11) is 0. The molecule has 2 amide bonds. The van der Waals surface area contributed by atoms with Crippen LogP contribution < -0.4 is 10.6 Å². The van der Waals surface area contributed by atoms with Gasteiger partial charge in [-0.1, -0.05) is 46.0 Å². The maximum Gasteiger partial charge on any atom is 0.326 e. The molecule has 1 aliphatic carbocycles. The number of carbonyl (C=O) groups excluding carboxylic acids is 1. The number of rotatable bonds is 4. The predicted octanol–water partition coefficient (Wildman–Crippen LogP) is 2.51. The van der Waals surface area contributed by atoms with Crippen LogP contribution in [0.3, 0.4) is 0 Å². The smallest absolute Gasteiger partial charge is 0.326 e. The average molecular weight is 270 g/mol. The number of aliphatic carboxylic acids is 1. The number of carboxylic acids is 1. The number of hydrogen-bond acceptors (Lipinski definition) is 2. The first-order valence-electron chi connectivity index (χ1n) is 7.30. The zero-order valence-corrected chi connectivity index (χ0v) is 11.9. The number of amides is 2. The summed E-state index contributed by atoms with van der Waals surface area (Å²) in [6.07, 6.45) is 8.00. The molecule has 19 heavy (non-hydrogen) atoms. The number of urea groups is 1. The third kappa shape index (κ3) is 5.94. The van der Waals surface area contributed by atoms with E-state index in [1.54, 1.807) is 13.8 Å². The molecule has 1 rings (SSSR count). The van der Waals surface area contributed by atoms with E-state index in [0.29, 0.717) is 0 Å². The molecular formula is C14H26N2O3. The van der Waals surface area contributed by atoms with Gasteiger partial charge in [0.1, 0.15) is 6.04 Å². The Balaban J connectivity index is 2.41. The summed E-state index contributed by atoms with van der Waals surface area (Å²) in [4.78, 5) is 22.9. The zero-order chi connectivity index (χ0) is 14.3. The fourth-order valence-electron chi connectivity index (χ4n) is 2.48. The lowest BCUT2D eigenvalue weighted by Gasteiger charge is -2.23. The summed E-state index contributed by atoms with van der Waals surface area (Å²) in [5, 5.41) is 14.5. The van der Waals surface area contributed by atoms with E-state index in [1.165, 1.54) is 19.3 Å². The Hall–Kier alpha value is -1.26. The predicted molar refractivity (Wildman–Crippen MR) is 74.0 cm³/mol. The van der Waals surface area contributed by atoms with Crippen LogP contribution in [0.1, 0.15) is 58.8 Å². The van der Waals surface area contributed by atoms with Crippen LogP contribution in [0.2, 0.25) is 0 Å². The summed E-state index contributed by atoms with van der Waals surface area (Å²) in [6, 6.07) is -0.998. The third-order valence-corrected chi connectivity index (χ3v) is 3.66. The van der Waals surface area contributed by atoms with Gasteiger partial charge in [0.05, 0.1) is 0 Å². The van der Waals surface area contributed by atoms with Gasteiger partial charge in [-0.3, -0.25) is 0 Å². The third-order valence-electron chi connectivity index (χ3n) is 3.66. The van der Waals surface area contributed by atoms with Crippen molar-refractivity contribution in [2.24, 2.45) is 5.92 Å². The van der Waals surface area contributed by atoms with E-state index in [-0.39, 0.29) is 18.0 Å². The van der Waals surface area contributed by atoms with E-state index in [0.717, 1.165) is 25.7 Å². The van der Waals surface area contributed by atoms with E-state index in [1.807, 2.05) is 0 Å². The lowest BCUT2D eigenvalue weighted by molar-refractivity contribution is -0.140. The van der Waals surface area contributed by atoms with Gasteiger partial charge in [-0.2, -0.15) is 0 Å². The molecule has 1 fully saturated rings. The molecular weight excluding hydrogens is 244 g/mol.